The molecule has 2 rings (SSSR count). The lowest BCUT2D eigenvalue weighted by Crippen LogP contribution is -2.54. The SMILES string of the molecule is COc1ccc(NC(=O)C(c2cc(C)cc(C)c2)N(C(=O)C(CCC(N)=O)NC(=O)OC(C)(C)C)C(C)C)cc1. The molecular weight excluding hydrogens is 512 g/mol. The fraction of sp³-hybridized carbons (Fsp3) is 0.467. The first-order chi connectivity index (χ1) is 18.6. The van der Waals surface area contributed by atoms with Crippen molar-refractivity contribution in [2.75, 3.05) is 12.4 Å². The van der Waals surface area contributed by atoms with E-state index in [1.54, 1.807) is 66.0 Å². The maximum atomic E-state index is 14.1. The summed E-state index contributed by atoms with van der Waals surface area (Å²) in [6, 6.07) is 9.86. The number of nitrogens with one attached hydrogen (secondary N) is 2. The van der Waals surface area contributed by atoms with Crippen molar-refractivity contribution < 1.29 is 28.7 Å². The molecule has 2 aromatic carbocycles. The highest BCUT2D eigenvalue weighted by molar-refractivity contribution is 5.99. The minimum atomic E-state index is -1.16. The lowest BCUT2D eigenvalue weighted by molar-refractivity contribution is -0.143. The van der Waals surface area contributed by atoms with Gasteiger partial charge in [-0.05, 0) is 84.7 Å². The van der Waals surface area contributed by atoms with Gasteiger partial charge in [-0.2, -0.15) is 0 Å². The number of hydrogen-bond acceptors (Lipinski definition) is 6. The van der Waals surface area contributed by atoms with Crippen LogP contribution in [0.4, 0.5) is 10.5 Å². The molecule has 40 heavy (non-hydrogen) atoms. The predicted octanol–water partition coefficient (Wildman–Crippen LogP) is 4.39. The minimum Gasteiger partial charge on any atom is -0.497 e. The Kier molecular flexibility index (Phi) is 11.1. The molecule has 4 N–H and O–H groups in total. The van der Waals surface area contributed by atoms with Gasteiger partial charge in [0, 0.05) is 18.2 Å². The summed E-state index contributed by atoms with van der Waals surface area (Å²) in [5.41, 5.74) is 7.53. The maximum absolute atomic E-state index is 14.1. The number of carbonyl (C=O) groups excluding carboxylic acids is 4. The summed E-state index contributed by atoms with van der Waals surface area (Å²) in [5.74, 6) is -0.976. The van der Waals surface area contributed by atoms with E-state index in [1.807, 2.05) is 32.0 Å². The zero-order valence-electron chi connectivity index (χ0n) is 24.7. The average Bonchev–Trinajstić information content (AvgIpc) is 2.82. The van der Waals surface area contributed by atoms with Gasteiger partial charge in [0.05, 0.1) is 7.11 Å². The van der Waals surface area contributed by atoms with Gasteiger partial charge in [0.15, 0.2) is 0 Å². The van der Waals surface area contributed by atoms with Gasteiger partial charge in [-0.1, -0.05) is 29.3 Å². The third-order valence-electron chi connectivity index (χ3n) is 5.92. The molecule has 0 bridgehead atoms. The van der Waals surface area contributed by atoms with E-state index in [4.69, 9.17) is 15.2 Å². The molecule has 0 radical (unpaired) electrons. The van der Waals surface area contributed by atoms with Crippen LogP contribution in [0.25, 0.3) is 0 Å². The van der Waals surface area contributed by atoms with E-state index >= 15 is 0 Å². The normalized spacial score (nSPS) is 12.7. The molecule has 10 heteroatoms. The van der Waals surface area contributed by atoms with E-state index < -0.39 is 47.5 Å². The van der Waals surface area contributed by atoms with Gasteiger partial charge in [0.1, 0.15) is 23.4 Å². The molecule has 2 aromatic rings. The number of anilines is 1. The standard InChI is InChI=1S/C30H42N4O6/c1-18(2)34(28(37)24(13-14-25(31)35)33-29(38)40-30(5,6)7)26(21-16-19(3)15-20(4)17-21)27(36)32-22-9-11-23(39-8)12-10-22/h9-12,15-18,24,26H,13-14H2,1-8H3,(H2,31,35)(H,32,36)(H,33,38). The van der Waals surface area contributed by atoms with Gasteiger partial charge >= 0.3 is 6.09 Å². The van der Waals surface area contributed by atoms with Crippen LogP contribution in [-0.4, -0.2) is 53.5 Å². The highest BCUT2D eigenvalue weighted by Crippen LogP contribution is 2.29. The Hall–Kier alpha value is -4.08. The van der Waals surface area contributed by atoms with E-state index in [-0.39, 0.29) is 12.8 Å². The Bertz CT molecular complexity index is 1180. The van der Waals surface area contributed by atoms with Crippen LogP contribution in [0.15, 0.2) is 42.5 Å². The van der Waals surface area contributed by atoms with Crippen molar-refractivity contribution in [1.29, 1.82) is 0 Å². The fourth-order valence-electron chi connectivity index (χ4n) is 4.34. The van der Waals surface area contributed by atoms with Crippen LogP contribution in [0.3, 0.4) is 0 Å². The van der Waals surface area contributed by atoms with Crippen LogP contribution in [0, 0.1) is 13.8 Å². The Labute approximate surface area is 236 Å². The number of carbonyl (C=O) groups is 4. The van der Waals surface area contributed by atoms with Crippen LogP contribution >= 0.6 is 0 Å². The Balaban J connectivity index is 2.55. The summed E-state index contributed by atoms with van der Waals surface area (Å²) >= 11 is 0. The minimum absolute atomic E-state index is 0.0592. The summed E-state index contributed by atoms with van der Waals surface area (Å²) in [6.45, 7) is 12.5. The number of nitrogens with zero attached hydrogens (tertiary/aromatic N) is 1. The third-order valence-corrected chi connectivity index (χ3v) is 5.92. The number of hydrogen-bond donors (Lipinski definition) is 3. The first kappa shape index (κ1) is 32.1. The lowest BCUT2D eigenvalue weighted by atomic mass is 9.96. The molecule has 0 aliphatic rings. The largest absolute Gasteiger partial charge is 0.497 e. The smallest absolute Gasteiger partial charge is 0.408 e. The zero-order chi connectivity index (χ0) is 30.2. The Morgan fingerprint density at radius 3 is 2.02 bits per heavy atom. The molecular formula is C30H42N4O6. The van der Waals surface area contributed by atoms with Crippen molar-refractivity contribution in [1.82, 2.24) is 10.2 Å². The van der Waals surface area contributed by atoms with Gasteiger partial charge < -0.3 is 30.7 Å². The summed E-state index contributed by atoms with van der Waals surface area (Å²) in [5, 5.41) is 5.50. The van der Waals surface area contributed by atoms with E-state index in [0.717, 1.165) is 11.1 Å². The van der Waals surface area contributed by atoms with Gasteiger partial charge in [0.2, 0.25) is 11.8 Å². The van der Waals surface area contributed by atoms with E-state index in [0.29, 0.717) is 17.0 Å². The molecule has 10 nitrogen and oxygen atoms in total. The number of amides is 4. The monoisotopic (exact) mass is 554 g/mol. The van der Waals surface area contributed by atoms with Crippen LogP contribution in [0.2, 0.25) is 0 Å². The third kappa shape index (κ3) is 9.59. The Morgan fingerprint density at radius 1 is 0.975 bits per heavy atom. The topological polar surface area (TPSA) is 140 Å². The van der Waals surface area contributed by atoms with Crippen LogP contribution in [-0.2, 0) is 19.1 Å². The molecule has 0 aliphatic carbocycles. The molecule has 2 unspecified atom stereocenters. The zero-order valence-corrected chi connectivity index (χ0v) is 24.7. The molecule has 0 aliphatic heterocycles. The molecule has 2 atom stereocenters. The lowest BCUT2D eigenvalue weighted by Gasteiger charge is -2.37. The molecule has 4 amide bonds. The number of methoxy groups -OCH3 is 1. The van der Waals surface area contributed by atoms with Crippen LogP contribution < -0.4 is 21.1 Å². The number of benzene rings is 2. The van der Waals surface area contributed by atoms with E-state index in [2.05, 4.69) is 10.6 Å². The van der Waals surface area contributed by atoms with E-state index in [9.17, 15) is 19.2 Å². The van der Waals surface area contributed by atoms with Gasteiger partial charge in [0.25, 0.3) is 5.91 Å². The summed E-state index contributed by atoms with van der Waals surface area (Å²) in [6.07, 6.45) is -1.02. The second kappa shape index (κ2) is 13.8. The van der Waals surface area contributed by atoms with Crippen molar-refractivity contribution in [2.45, 2.75) is 85.0 Å². The summed E-state index contributed by atoms with van der Waals surface area (Å²) in [4.78, 5) is 53.7. The van der Waals surface area contributed by atoms with E-state index in [1.165, 1.54) is 4.90 Å². The number of aryl methyl sites for hydroxylation is 2. The highest BCUT2D eigenvalue weighted by Gasteiger charge is 2.38. The number of alkyl carbamates (subject to hydrolysis) is 1. The van der Waals surface area contributed by atoms with Gasteiger partial charge in [-0.3, -0.25) is 14.4 Å². The first-order valence-corrected chi connectivity index (χ1v) is 13.2. The second-order valence-electron chi connectivity index (χ2n) is 11.1. The quantitative estimate of drug-likeness (QED) is 0.376. The maximum Gasteiger partial charge on any atom is 0.408 e. The second-order valence-corrected chi connectivity index (χ2v) is 11.1. The first-order valence-electron chi connectivity index (χ1n) is 13.2. The average molecular weight is 555 g/mol. The number of nitrogens with two attached hydrogens (primary N) is 1. The molecule has 218 valence electrons. The van der Waals surface area contributed by atoms with Crippen molar-refractivity contribution in [3.05, 3.63) is 59.2 Å². The number of ether oxygens (including phenoxy) is 2. The molecule has 0 saturated carbocycles. The van der Waals surface area contributed by atoms with Crippen molar-refractivity contribution in [3.63, 3.8) is 0 Å². The molecule has 0 fully saturated rings. The molecule has 0 saturated heterocycles. The highest BCUT2D eigenvalue weighted by atomic mass is 16.6. The van der Waals surface area contributed by atoms with Gasteiger partial charge in [-0.15, -0.1) is 0 Å². The molecule has 0 spiro atoms. The molecule has 0 aromatic heterocycles. The van der Waals surface area contributed by atoms with Crippen molar-refractivity contribution >= 4 is 29.5 Å². The van der Waals surface area contributed by atoms with Crippen molar-refractivity contribution in [3.8, 4) is 5.75 Å². The fourth-order valence-corrected chi connectivity index (χ4v) is 4.34. The number of primary amides is 1. The van der Waals surface area contributed by atoms with Gasteiger partial charge in [-0.25, -0.2) is 4.79 Å². The summed E-state index contributed by atoms with van der Waals surface area (Å²) in [7, 11) is 1.55. The predicted molar refractivity (Wildman–Crippen MR) is 154 cm³/mol. The molecule has 0 heterocycles. The summed E-state index contributed by atoms with van der Waals surface area (Å²) < 4.78 is 10.6. The number of rotatable bonds is 11. The Morgan fingerprint density at radius 2 is 1.55 bits per heavy atom. The van der Waals surface area contributed by atoms with Crippen molar-refractivity contribution in [2.24, 2.45) is 5.73 Å². The van der Waals surface area contributed by atoms with Crippen LogP contribution in [0.1, 0.15) is 70.2 Å². The van der Waals surface area contributed by atoms with Crippen LogP contribution in [0.5, 0.6) is 5.75 Å².